The lowest BCUT2D eigenvalue weighted by Gasteiger charge is -2.04. The average Bonchev–Trinajstić information content (AvgIpc) is 2.92. The summed E-state index contributed by atoms with van der Waals surface area (Å²) in [5.41, 5.74) is 1.45. The Morgan fingerprint density at radius 1 is 0.870 bits per heavy atom. The molecule has 0 N–H and O–H groups in total. The molecular weight excluding hydrogens is 280 g/mol. The quantitative estimate of drug-likeness (QED) is 0.414. The molecule has 0 bridgehead atoms. The number of imidazole rings is 1. The third kappa shape index (κ3) is 6.21. The highest BCUT2D eigenvalue weighted by Gasteiger charge is 2.13. The van der Waals surface area contributed by atoms with Crippen LogP contribution in [0.1, 0.15) is 63.3 Å². The Labute approximate surface area is 142 Å². The minimum Gasteiger partial charge on any atom is -0.237 e. The van der Waals surface area contributed by atoms with Crippen LogP contribution in [-0.2, 0) is 26.4 Å². The van der Waals surface area contributed by atoms with Crippen LogP contribution in [-0.4, -0.2) is 4.57 Å². The molecule has 0 aliphatic heterocycles. The predicted octanol–water partition coefficient (Wildman–Crippen LogP) is 4.85. The van der Waals surface area contributed by atoms with Crippen LogP contribution in [0.25, 0.3) is 0 Å². The zero-order valence-corrected chi connectivity index (χ0v) is 15.0. The summed E-state index contributed by atoms with van der Waals surface area (Å²) < 4.78 is 4.75. The molecule has 0 aliphatic carbocycles. The van der Waals surface area contributed by atoms with E-state index < -0.39 is 0 Å². The van der Waals surface area contributed by atoms with Gasteiger partial charge in [-0.3, -0.25) is 0 Å². The van der Waals surface area contributed by atoms with E-state index in [1.165, 1.54) is 69.2 Å². The maximum Gasteiger partial charge on any atom is 0.256 e. The van der Waals surface area contributed by atoms with E-state index in [-0.39, 0.29) is 0 Å². The molecule has 126 valence electrons. The molecule has 0 amide bonds. The summed E-state index contributed by atoms with van der Waals surface area (Å²) in [7, 11) is 2.18. The fourth-order valence-corrected chi connectivity index (χ4v) is 3.24. The van der Waals surface area contributed by atoms with Crippen LogP contribution in [0.4, 0.5) is 0 Å². The SMILES string of the molecule is CCCCCCCCc1n(CCCc2ccccc2)cc[n+]1C. The van der Waals surface area contributed by atoms with Gasteiger partial charge in [0.05, 0.1) is 13.6 Å². The molecular formula is C21H33N2+. The van der Waals surface area contributed by atoms with Crippen LogP contribution < -0.4 is 4.57 Å². The molecule has 0 saturated carbocycles. The van der Waals surface area contributed by atoms with Crippen molar-refractivity contribution in [3.05, 3.63) is 54.1 Å². The van der Waals surface area contributed by atoms with E-state index in [0.29, 0.717) is 0 Å². The second-order valence-electron chi connectivity index (χ2n) is 6.63. The normalized spacial score (nSPS) is 11.0. The Kier molecular flexibility index (Phi) is 7.92. The molecule has 1 heterocycles. The summed E-state index contributed by atoms with van der Waals surface area (Å²) in [6.07, 6.45) is 16.2. The first-order valence-electron chi connectivity index (χ1n) is 9.39. The van der Waals surface area contributed by atoms with Crippen molar-refractivity contribution in [1.29, 1.82) is 0 Å². The number of hydrogen-bond acceptors (Lipinski definition) is 0. The van der Waals surface area contributed by atoms with E-state index in [4.69, 9.17) is 0 Å². The van der Waals surface area contributed by atoms with E-state index in [2.05, 4.69) is 65.8 Å². The fraction of sp³-hybridized carbons (Fsp3) is 0.571. The van der Waals surface area contributed by atoms with Crippen LogP contribution in [0.5, 0.6) is 0 Å². The van der Waals surface area contributed by atoms with Gasteiger partial charge in [0.15, 0.2) is 0 Å². The summed E-state index contributed by atoms with van der Waals surface area (Å²) in [6, 6.07) is 10.8. The molecule has 2 aromatic rings. The molecule has 0 atom stereocenters. The van der Waals surface area contributed by atoms with Crippen molar-refractivity contribution in [2.24, 2.45) is 7.05 Å². The standard InChI is InChI=1S/C21H33N2/c1-3-4-5-6-7-11-16-21-22(2)18-19-23(21)17-12-15-20-13-9-8-10-14-20/h8-10,13-14,18-19H,3-7,11-12,15-17H2,1-2H3/q+1. The summed E-state index contributed by atoms with van der Waals surface area (Å²) in [5, 5.41) is 0. The predicted molar refractivity (Wildman–Crippen MR) is 97.5 cm³/mol. The molecule has 0 spiro atoms. The van der Waals surface area contributed by atoms with Crippen molar-refractivity contribution in [2.75, 3.05) is 0 Å². The van der Waals surface area contributed by atoms with Crippen molar-refractivity contribution in [3.63, 3.8) is 0 Å². The summed E-state index contributed by atoms with van der Waals surface area (Å²) in [6.45, 7) is 3.41. The molecule has 23 heavy (non-hydrogen) atoms. The van der Waals surface area contributed by atoms with Crippen molar-refractivity contribution < 1.29 is 4.57 Å². The average molecular weight is 314 g/mol. The van der Waals surface area contributed by atoms with E-state index in [0.717, 1.165) is 6.54 Å². The maximum atomic E-state index is 2.45. The number of benzene rings is 1. The van der Waals surface area contributed by atoms with Gasteiger partial charge in [-0.25, -0.2) is 9.13 Å². The largest absolute Gasteiger partial charge is 0.256 e. The third-order valence-corrected chi connectivity index (χ3v) is 4.67. The second kappa shape index (κ2) is 10.3. The van der Waals surface area contributed by atoms with Gasteiger partial charge >= 0.3 is 0 Å². The minimum absolute atomic E-state index is 1.13. The fourth-order valence-electron chi connectivity index (χ4n) is 3.24. The van der Waals surface area contributed by atoms with Crippen LogP contribution >= 0.6 is 0 Å². The van der Waals surface area contributed by atoms with Crippen molar-refractivity contribution >= 4 is 0 Å². The minimum atomic E-state index is 1.13. The Hall–Kier alpha value is -1.57. The zero-order chi connectivity index (χ0) is 16.3. The van der Waals surface area contributed by atoms with Crippen LogP contribution in [0.3, 0.4) is 0 Å². The molecule has 0 radical (unpaired) electrons. The van der Waals surface area contributed by atoms with Crippen molar-refractivity contribution in [2.45, 2.75) is 71.3 Å². The van der Waals surface area contributed by atoms with E-state index in [1.807, 2.05) is 0 Å². The highest BCUT2D eigenvalue weighted by Crippen LogP contribution is 2.10. The van der Waals surface area contributed by atoms with Crippen LogP contribution in [0.15, 0.2) is 42.7 Å². The number of rotatable bonds is 11. The van der Waals surface area contributed by atoms with Gasteiger partial charge in [0, 0.05) is 6.42 Å². The van der Waals surface area contributed by atoms with Gasteiger partial charge in [-0.2, -0.15) is 0 Å². The van der Waals surface area contributed by atoms with Gasteiger partial charge in [-0.05, 0) is 24.8 Å². The molecule has 2 rings (SSSR count). The summed E-state index contributed by atoms with van der Waals surface area (Å²) in [4.78, 5) is 0. The third-order valence-electron chi connectivity index (χ3n) is 4.67. The molecule has 2 nitrogen and oxygen atoms in total. The second-order valence-corrected chi connectivity index (χ2v) is 6.63. The molecule has 1 aromatic carbocycles. The molecule has 0 saturated heterocycles. The Balaban J connectivity index is 1.74. The number of aryl methyl sites for hydroxylation is 3. The van der Waals surface area contributed by atoms with E-state index in [1.54, 1.807) is 0 Å². The van der Waals surface area contributed by atoms with Crippen molar-refractivity contribution in [1.82, 2.24) is 4.57 Å². The first-order chi connectivity index (χ1) is 11.3. The first-order valence-corrected chi connectivity index (χ1v) is 9.39. The lowest BCUT2D eigenvalue weighted by Crippen LogP contribution is -2.32. The lowest BCUT2D eigenvalue weighted by atomic mass is 10.1. The van der Waals surface area contributed by atoms with Gasteiger partial charge in [0.2, 0.25) is 0 Å². The van der Waals surface area contributed by atoms with E-state index >= 15 is 0 Å². The molecule has 1 aromatic heterocycles. The Morgan fingerprint density at radius 3 is 2.39 bits per heavy atom. The van der Waals surface area contributed by atoms with Crippen LogP contribution in [0.2, 0.25) is 0 Å². The van der Waals surface area contributed by atoms with Gasteiger partial charge in [0.1, 0.15) is 12.4 Å². The smallest absolute Gasteiger partial charge is 0.237 e. The molecule has 0 aliphatic rings. The Morgan fingerprint density at radius 2 is 1.61 bits per heavy atom. The topological polar surface area (TPSA) is 8.81 Å². The van der Waals surface area contributed by atoms with Gasteiger partial charge in [0.25, 0.3) is 5.82 Å². The molecule has 0 unspecified atom stereocenters. The highest BCUT2D eigenvalue weighted by atomic mass is 15.1. The van der Waals surface area contributed by atoms with Gasteiger partial charge < -0.3 is 0 Å². The number of unbranched alkanes of at least 4 members (excludes halogenated alkanes) is 5. The summed E-state index contributed by atoms with van der Waals surface area (Å²) in [5.74, 6) is 1.48. The van der Waals surface area contributed by atoms with Gasteiger partial charge in [-0.15, -0.1) is 0 Å². The monoisotopic (exact) mass is 313 g/mol. The van der Waals surface area contributed by atoms with Crippen molar-refractivity contribution in [3.8, 4) is 0 Å². The van der Waals surface area contributed by atoms with Crippen LogP contribution in [0, 0.1) is 0 Å². The Bertz CT molecular complexity index is 542. The lowest BCUT2D eigenvalue weighted by molar-refractivity contribution is -0.678. The number of nitrogens with zero attached hydrogens (tertiary/aromatic N) is 2. The van der Waals surface area contributed by atoms with E-state index in [9.17, 15) is 0 Å². The molecule has 0 fully saturated rings. The number of aromatic nitrogens is 2. The molecule has 2 heteroatoms. The zero-order valence-electron chi connectivity index (χ0n) is 15.0. The maximum absolute atomic E-state index is 2.45. The highest BCUT2D eigenvalue weighted by molar-refractivity contribution is 5.14. The first kappa shape index (κ1) is 17.8. The summed E-state index contributed by atoms with van der Waals surface area (Å²) >= 11 is 0. The van der Waals surface area contributed by atoms with Gasteiger partial charge in [-0.1, -0.05) is 69.4 Å². The number of hydrogen-bond donors (Lipinski definition) is 0.